The molecule has 0 fully saturated rings. The number of carbonyl (C=O) groups is 1. The highest BCUT2D eigenvalue weighted by Gasteiger charge is 2.13. The zero-order valence-corrected chi connectivity index (χ0v) is 12.8. The molecule has 0 heterocycles. The summed E-state index contributed by atoms with van der Waals surface area (Å²) in [6.07, 6.45) is 0.522. The molecule has 0 aliphatic rings. The van der Waals surface area contributed by atoms with Gasteiger partial charge in [-0.25, -0.2) is 0 Å². The molecule has 0 unspecified atom stereocenters. The van der Waals surface area contributed by atoms with E-state index in [2.05, 4.69) is 29.6 Å². The number of nitrogens with one attached hydrogen (secondary N) is 1. The van der Waals surface area contributed by atoms with Gasteiger partial charge in [0, 0.05) is 13.7 Å². The van der Waals surface area contributed by atoms with Crippen molar-refractivity contribution in [2.24, 2.45) is 5.73 Å². The van der Waals surface area contributed by atoms with Crippen LogP contribution in [0.15, 0.2) is 54.6 Å². The number of carbonyl (C=O) groups excluding carboxylic acids is 1. The molecule has 2 aromatic rings. The molecule has 0 saturated heterocycles. The van der Waals surface area contributed by atoms with E-state index in [1.807, 2.05) is 30.3 Å². The third-order valence-corrected chi connectivity index (χ3v) is 3.46. The average Bonchev–Trinajstić information content (AvgIpc) is 2.56. The van der Waals surface area contributed by atoms with Crippen LogP contribution in [0.5, 0.6) is 0 Å². The molecule has 0 aliphatic heterocycles. The maximum Gasteiger partial charge on any atom is 0.237 e. The van der Waals surface area contributed by atoms with Crippen LogP contribution in [-0.4, -0.2) is 32.2 Å². The van der Waals surface area contributed by atoms with E-state index in [4.69, 9.17) is 10.5 Å². The van der Waals surface area contributed by atoms with Crippen molar-refractivity contribution in [1.29, 1.82) is 0 Å². The number of methoxy groups -OCH3 is 1. The van der Waals surface area contributed by atoms with Gasteiger partial charge in [-0.1, -0.05) is 54.6 Å². The largest absolute Gasteiger partial charge is 0.383 e. The van der Waals surface area contributed by atoms with E-state index in [1.165, 1.54) is 5.56 Å². The fourth-order valence-electron chi connectivity index (χ4n) is 2.22. The van der Waals surface area contributed by atoms with Gasteiger partial charge in [0.2, 0.25) is 5.91 Å². The van der Waals surface area contributed by atoms with E-state index >= 15 is 0 Å². The van der Waals surface area contributed by atoms with Crippen LogP contribution in [0.2, 0.25) is 0 Å². The first kappa shape index (κ1) is 16.2. The van der Waals surface area contributed by atoms with Crippen molar-refractivity contribution < 1.29 is 9.53 Å². The minimum Gasteiger partial charge on any atom is -0.383 e. The fraction of sp³-hybridized carbons (Fsp3) is 0.278. The fourth-order valence-corrected chi connectivity index (χ4v) is 2.22. The van der Waals surface area contributed by atoms with Crippen LogP contribution in [0.3, 0.4) is 0 Å². The summed E-state index contributed by atoms with van der Waals surface area (Å²) in [7, 11) is 1.60. The quantitative estimate of drug-likeness (QED) is 0.768. The van der Waals surface area contributed by atoms with Crippen LogP contribution in [-0.2, 0) is 16.0 Å². The molecule has 0 spiro atoms. The Morgan fingerprint density at radius 2 is 1.73 bits per heavy atom. The Labute approximate surface area is 131 Å². The summed E-state index contributed by atoms with van der Waals surface area (Å²) in [6.45, 7) is 0.972. The summed E-state index contributed by atoms with van der Waals surface area (Å²) in [6, 6.07) is 17.8. The Bertz CT molecular complexity index is 582. The Morgan fingerprint density at radius 3 is 2.36 bits per heavy atom. The van der Waals surface area contributed by atoms with Gasteiger partial charge in [-0.15, -0.1) is 0 Å². The van der Waals surface area contributed by atoms with Gasteiger partial charge in [0.15, 0.2) is 0 Å². The highest BCUT2D eigenvalue weighted by Crippen LogP contribution is 2.19. The topological polar surface area (TPSA) is 64.3 Å². The lowest BCUT2D eigenvalue weighted by molar-refractivity contribution is -0.122. The zero-order chi connectivity index (χ0) is 15.8. The van der Waals surface area contributed by atoms with E-state index in [0.29, 0.717) is 19.6 Å². The summed E-state index contributed by atoms with van der Waals surface area (Å²) in [5, 5.41) is 2.75. The summed E-state index contributed by atoms with van der Waals surface area (Å²) >= 11 is 0. The Morgan fingerprint density at radius 1 is 1.09 bits per heavy atom. The van der Waals surface area contributed by atoms with Crippen LogP contribution in [0, 0.1) is 0 Å². The lowest BCUT2D eigenvalue weighted by atomic mass is 10.0. The van der Waals surface area contributed by atoms with Crippen LogP contribution in [0.1, 0.15) is 5.56 Å². The number of hydrogen-bond donors (Lipinski definition) is 2. The molecule has 0 bridgehead atoms. The van der Waals surface area contributed by atoms with Gasteiger partial charge in [0.25, 0.3) is 0 Å². The molecule has 2 rings (SSSR count). The lowest BCUT2D eigenvalue weighted by Crippen LogP contribution is -2.43. The van der Waals surface area contributed by atoms with E-state index in [-0.39, 0.29) is 5.91 Å². The minimum absolute atomic E-state index is 0.149. The van der Waals surface area contributed by atoms with Crippen molar-refractivity contribution in [1.82, 2.24) is 5.32 Å². The predicted octanol–water partition coefficient (Wildman–Crippen LogP) is 1.99. The number of ether oxygens (including phenoxy) is 1. The number of hydrogen-bond acceptors (Lipinski definition) is 3. The zero-order valence-electron chi connectivity index (χ0n) is 12.8. The standard InChI is InChI=1S/C18H22N2O2/c1-22-12-11-20-18(21)17(19)13-14-7-9-16(10-8-14)15-5-3-2-4-6-15/h2-10,17H,11-13,19H2,1H3,(H,20,21)/t17-/m0/s1. The van der Waals surface area contributed by atoms with Crippen molar-refractivity contribution in [2.75, 3.05) is 20.3 Å². The van der Waals surface area contributed by atoms with Gasteiger partial charge in [-0.3, -0.25) is 4.79 Å². The number of rotatable bonds is 7. The second-order valence-electron chi connectivity index (χ2n) is 5.16. The van der Waals surface area contributed by atoms with Crippen LogP contribution < -0.4 is 11.1 Å². The van der Waals surface area contributed by atoms with Gasteiger partial charge in [-0.2, -0.15) is 0 Å². The third-order valence-electron chi connectivity index (χ3n) is 3.46. The van der Waals surface area contributed by atoms with Crippen LogP contribution in [0.25, 0.3) is 11.1 Å². The van der Waals surface area contributed by atoms with Crippen molar-refractivity contribution in [2.45, 2.75) is 12.5 Å². The van der Waals surface area contributed by atoms with Crippen molar-refractivity contribution in [3.8, 4) is 11.1 Å². The monoisotopic (exact) mass is 298 g/mol. The minimum atomic E-state index is -0.542. The van der Waals surface area contributed by atoms with E-state index < -0.39 is 6.04 Å². The number of benzene rings is 2. The molecule has 3 N–H and O–H groups in total. The van der Waals surface area contributed by atoms with Gasteiger partial charge in [0.1, 0.15) is 0 Å². The van der Waals surface area contributed by atoms with Crippen molar-refractivity contribution in [3.05, 3.63) is 60.2 Å². The van der Waals surface area contributed by atoms with Crippen LogP contribution >= 0.6 is 0 Å². The summed E-state index contributed by atoms with van der Waals surface area (Å²) in [5.74, 6) is -0.149. The molecule has 0 aromatic heterocycles. The summed E-state index contributed by atoms with van der Waals surface area (Å²) in [5.41, 5.74) is 9.31. The molecule has 0 radical (unpaired) electrons. The first-order valence-corrected chi connectivity index (χ1v) is 7.37. The molecule has 1 atom stereocenters. The van der Waals surface area contributed by atoms with Gasteiger partial charge >= 0.3 is 0 Å². The van der Waals surface area contributed by atoms with Crippen molar-refractivity contribution >= 4 is 5.91 Å². The molecule has 0 saturated carbocycles. The average molecular weight is 298 g/mol. The number of amides is 1. The SMILES string of the molecule is COCCNC(=O)[C@@H](N)Cc1ccc(-c2ccccc2)cc1. The highest BCUT2D eigenvalue weighted by atomic mass is 16.5. The molecular weight excluding hydrogens is 276 g/mol. The highest BCUT2D eigenvalue weighted by molar-refractivity contribution is 5.81. The molecule has 22 heavy (non-hydrogen) atoms. The predicted molar refractivity (Wildman–Crippen MR) is 88.4 cm³/mol. The molecule has 2 aromatic carbocycles. The lowest BCUT2D eigenvalue weighted by Gasteiger charge is -2.12. The molecule has 116 valence electrons. The normalized spacial score (nSPS) is 11.9. The number of nitrogens with two attached hydrogens (primary N) is 1. The maximum absolute atomic E-state index is 11.8. The van der Waals surface area contributed by atoms with Gasteiger partial charge < -0.3 is 15.8 Å². The molecule has 1 amide bonds. The molecular formula is C18H22N2O2. The third kappa shape index (κ3) is 4.69. The maximum atomic E-state index is 11.8. The Balaban J connectivity index is 1.92. The smallest absolute Gasteiger partial charge is 0.237 e. The molecule has 4 nitrogen and oxygen atoms in total. The first-order valence-electron chi connectivity index (χ1n) is 7.37. The second kappa shape index (κ2) is 8.32. The molecule has 0 aliphatic carbocycles. The van der Waals surface area contributed by atoms with Gasteiger partial charge in [0.05, 0.1) is 12.6 Å². The molecule has 4 heteroatoms. The summed E-state index contributed by atoms with van der Waals surface area (Å²) in [4.78, 5) is 11.8. The Hall–Kier alpha value is -2.17. The Kier molecular flexibility index (Phi) is 6.13. The van der Waals surface area contributed by atoms with E-state index in [9.17, 15) is 4.79 Å². The first-order chi connectivity index (χ1) is 10.7. The van der Waals surface area contributed by atoms with E-state index in [0.717, 1.165) is 11.1 Å². The summed E-state index contributed by atoms with van der Waals surface area (Å²) < 4.78 is 4.89. The van der Waals surface area contributed by atoms with Crippen molar-refractivity contribution in [3.63, 3.8) is 0 Å². The van der Waals surface area contributed by atoms with Gasteiger partial charge in [-0.05, 0) is 23.1 Å². The van der Waals surface area contributed by atoms with E-state index in [1.54, 1.807) is 7.11 Å². The second-order valence-corrected chi connectivity index (χ2v) is 5.16. The van der Waals surface area contributed by atoms with Crippen LogP contribution in [0.4, 0.5) is 0 Å².